The van der Waals surface area contributed by atoms with Gasteiger partial charge in [-0.2, -0.15) is 0 Å². The molecule has 11 heavy (non-hydrogen) atoms. The highest BCUT2D eigenvalue weighted by molar-refractivity contribution is 5.74. The van der Waals surface area contributed by atoms with E-state index in [0.717, 1.165) is 6.42 Å². The Hall–Kier alpha value is -0.990. The van der Waals surface area contributed by atoms with Crippen LogP contribution in [-0.4, -0.2) is 18.6 Å². The molecule has 1 aliphatic carbocycles. The maximum Gasteiger partial charge on any atom is 0.315 e. The second-order valence-electron chi connectivity index (χ2n) is 2.96. The second-order valence-corrected chi connectivity index (χ2v) is 2.96. The average molecular weight is 154 g/mol. The highest BCUT2D eigenvalue weighted by Gasteiger charge is 2.33. The standard InChI is InChI=1S/C8H14N2O/c1-3-4-9-8(11)10-7-5-6(7)2/h3,6-7H,1,4-5H2,2H3,(H2,9,10,11)/t6-,7-/m1/s1. The van der Waals surface area contributed by atoms with Crippen molar-refractivity contribution >= 4 is 6.03 Å². The van der Waals surface area contributed by atoms with Crippen molar-refractivity contribution in [1.29, 1.82) is 0 Å². The minimum atomic E-state index is -0.0840. The normalized spacial score (nSPS) is 27.4. The second kappa shape index (κ2) is 3.42. The molecule has 0 aromatic carbocycles. The Kier molecular flexibility index (Phi) is 2.52. The SMILES string of the molecule is C=CCNC(=O)N[C@@H]1C[C@H]1C. The zero-order chi connectivity index (χ0) is 8.27. The largest absolute Gasteiger partial charge is 0.335 e. The van der Waals surface area contributed by atoms with Crippen LogP contribution in [0.3, 0.4) is 0 Å². The Morgan fingerprint density at radius 1 is 1.82 bits per heavy atom. The zero-order valence-electron chi connectivity index (χ0n) is 6.76. The average Bonchev–Trinajstić information content (AvgIpc) is 2.62. The van der Waals surface area contributed by atoms with Crippen LogP contribution in [0.5, 0.6) is 0 Å². The van der Waals surface area contributed by atoms with Crippen LogP contribution in [0.2, 0.25) is 0 Å². The summed E-state index contributed by atoms with van der Waals surface area (Å²) in [5.74, 6) is 0.657. The molecule has 0 aromatic heterocycles. The van der Waals surface area contributed by atoms with Crippen molar-refractivity contribution in [3.8, 4) is 0 Å². The molecule has 1 aliphatic rings. The van der Waals surface area contributed by atoms with E-state index in [-0.39, 0.29) is 6.03 Å². The highest BCUT2D eigenvalue weighted by Crippen LogP contribution is 2.28. The van der Waals surface area contributed by atoms with Gasteiger partial charge in [-0.3, -0.25) is 0 Å². The lowest BCUT2D eigenvalue weighted by molar-refractivity contribution is 0.241. The lowest BCUT2D eigenvalue weighted by Gasteiger charge is -2.03. The van der Waals surface area contributed by atoms with Gasteiger partial charge in [0.15, 0.2) is 0 Å². The van der Waals surface area contributed by atoms with Gasteiger partial charge in [-0.05, 0) is 12.3 Å². The first-order valence-electron chi connectivity index (χ1n) is 3.89. The van der Waals surface area contributed by atoms with E-state index < -0.39 is 0 Å². The fraction of sp³-hybridized carbons (Fsp3) is 0.625. The Balaban J connectivity index is 2.06. The van der Waals surface area contributed by atoms with Crippen LogP contribution in [0.15, 0.2) is 12.7 Å². The number of carbonyl (C=O) groups excluding carboxylic acids is 1. The molecule has 0 heterocycles. The summed E-state index contributed by atoms with van der Waals surface area (Å²) in [7, 11) is 0. The molecule has 0 spiro atoms. The number of urea groups is 1. The van der Waals surface area contributed by atoms with Crippen molar-refractivity contribution in [2.24, 2.45) is 5.92 Å². The van der Waals surface area contributed by atoms with E-state index in [1.807, 2.05) is 0 Å². The molecule has 2 N–H and O–H groups in total. The molecule has 1 rings (SSSR count). The molecule has 3 nitrogen and oxygen atoms in total. The molecule has 0 aromatic rings. The van der Waals surface area contributed by atoms with E-state index in [1.54, 1.807) is 6.08 Å². The fourth-order valence-electron chi connectivity index (χ4n) is 0.907. The quantitative estimate of drug-likeness (QED) is 0.582. The summed E-state index contributed by atoms with van der Waals surface area (Å²) < 4.78 is 0. The summed E-state index contributed by atoms with van der Waals surface area (Å²) in [4.78, 5) is 10.9. The van der Waals surface area contributed by atoms with Crippen molar-refractivity contribution in [1.82, 2.24) is 10.6 Å². The lowest BCUT2D eigenvalue weighted by Crippen LogP contribution is -2.37. The van der Waals surface area contributed by atoms with Crippen LogP contribution in [0, 0.1) is 5.92 Å². The van der Waals surface area contributed by atoms with E-state index >= 15 is 0 Å². The molecule has 0 aliphatic heterocycles. The van der Waals surface area contributed by atoms with Gasteiger partial charge in [-0.1, -0.05) is 13.0 Å². The van der Waals surface area contributed by atoms with Crippen molar-refractivity contribution in [3.63, 3.8) is 0 Å². The van der Waals surface area contributed by atoms with Gasteiger partial charge in [0, 0.05) is 12.6 Å². The highest BCUT2D eigenvalue weighted by atomic mass is 16.2. The molecule has 62 valence electrons. The topological polar surface area (TPSA) is 41.1 Å². The van der Waals surface area contributed by atoms with Crippen molar-refractivity contribution < 1.29 is 4.79 Å². The van der Waals surface area contributed by atoms with Gasteiger partial charge >= 0.3 is 6.03 Å². The van der Waals surface area contributed by atoms with Crippen LogP contribution >= 0.6 is 0 Å². The van der Waals surface area contributed by atoms with Gasteiger partial charge in [0.2, 0.25) is 0 Å². The Labute approximate surface area is 66.9 Å². The molecule has 0 radical (unpaired) electrons. The maximum absolute atomic E-state index is 10.9. The number of hydrogen-bond donors (Lipinski definition) is 2. The smallest absolute Gasteiger partial charge is 0.315 e. The summed E-state index contributed by atoms with van der Waals surface area (Å²) in [5.41, 5.74) is 0. The maximum atomic E-state index is 10.9. The van der Waals surface area contributed by atoms with E-state index in [9.17, 15) is 4.79 Å². The first kappa shape index (κ1) is 8.11. The zero-order valence-corrected chi connectivity index (χ0v) is 6.76. The Morgan fingerprint density at radius 3 is 2.91 bits per heavy atom. The first-order chi connectivity index (χ1) is 5.24. The van der Waals surface area contributed by atoms with Crippen LogP contribution < -0.4 is 10.6 Å². The first-order valence-corrected chi connectivity index (χ1v) is 3.89. The van der Waals surface area contributed by atoms with Gasteiger partial charge in [-0.15, -0.1) is 6.58 Å². The minimum Gasteiger partial charge on any atom is -0.335 e. The van der Waals surface area contributed by atoms with Gasteiger partial charge in [0.1, 0.15) is 0 Å². The lowest BCUT2D eigenvalue weighted by atomic mass is 10.5. The molecular formula is C8H14N2O. The van der Waals surface area contributed by atoms with Gasteiger partial charge < -0.3 is 10.6 Å². The number of amides is 2. The summed E-state index contributed by atoms with van der Waals surface area (Å²) in [6, 6.07) is 0.319. The molecule has 1 fully saturated rings. The third-order valence-electron chi connectivity index (χ3n) is 1.83. The molecule has 3 heteroatoms. The van der Waals surface area contributed by atoms with Gasteiger partial charge in [0.25, 0.3) is 0 Å². The molecule has 0 bridgehead atoms. The van der Waals surface area contributed by atoms with Crippen molar-refractivity contribution in [3.05, 3.63) is 12.7 Å². The van der Waals surface area contributed by atoms with E-state index in [2.05, 4.69) is 24.1 Å². The summed E-state index contributed by atoms with van der Waals surface area (Å²) in [5, 5.41) is 5.50. The molecule has 0 saturated heterocycles. The number of carbonyl (C=O) groups is 1. The van der Waals surface area contributed by atoms with Crippen LogP contribution in [0.1, 0.15) is 13.3 Å². The van der Waals surface area contributed by atoms with Gasteiger partial charge in [0.05, 0.1) is 0 Å². The fourth-order valence-corrected chi connectivity index (χ4v) is 0.907. The number of nitrogens with one attached hydrogen (secondary N) is 2. The van der Waals surface area contributed by atoms with E-state index in [0.29, 0.717) is 18.5 Å². The third-order valence-corrected chi connectivity index (χ3v) is 1.83. The summed E-state index contributed by atoms with van der Waals surface area (Å²) in [6.45, 7) is 6.16. The molecular weight excluding hydrogens is 140 g/mol. The number of rotatable bonds is 3. The van der Waals surface area contributed by atoms with Crippen molar-refractivity contribution in [2.75, 3.05) is 6.54 Å². The molecule has 2 atom stereocenters. The Morgan fingerprint density at radius 2 is 2.45 bits per heavy atom. The predicted molar refractivity (Wildman–Crippen MR) is 44.3 cm³/mol. The molecule has 1 saturated carbocycles. The van der Waals surface area contributed by atoms with Gasteiger partial charge in [-0.25, -0.2) is 4.79 Å². The Bertz CT molecular complexity index is 167. The van der Waals surface area contributed by atoms with E-state index in [4.69, 9.17) is 0 Å². The monoisotopic (exact) mass is 154 g/mol. The predicted octanol–water partition coefficient (Wildman–Crippen LogP) is 0.880. The minimum absolute atomic E-state index is 0.0840. The summed E-state index contributed by atoms with van der Waals surface area (Å²) >= 11 is 0. The molecule has 0 unspecified atom stereocenters. The number of hydrogen-bond acceptors (Lipinski definition) is 1. The van der Waals surface area contributed by atoms with Crippen LogP contribution in [0.4, 0.5) is 4.79 Å². The van der Waals surface area contributed by atoms with Crippen LogP contribution in [0.25, 0.3) is 0 Å². The van der Waals surface area contributed by atoms with E-state index in [1.165, 1.54) is 0 Å². The van der Waals surface area contributed by atoms with Crippen LogP contribution in [-0.2, 0) is 0 Å². The third kappa shape index (κ3) is 2.62. The molecule has 2 amide bonds. The van der Waals surface area contributed by atoms with Crippen molar-refractivity contribution in [2.45, 2.75) is 19.4 Å². The summed E-state index contributed by atoms with van der Waals surface area (Å²) in [6.07, 6.45) is 2.78.